The van der Waals surface area contributed by atoms with Gasteiger partial charge >= 0.3 is 0 Å². The van der Waals surface area contributed by atoms with Crippen LogP contribution in [-0.2, 0) is 7.05 Å². The third-order valence-corrected chi connectivity index (χ3v) is 3.21. The molecule has 0 amide bonds. The predicted molar refractivity (Wildman–Crippen MR) is 72.0 cm³/mol. The van der Waals surface area contributed by atoms with Gasteiger partial charge in [-0.05, 0) is 18.5 Å². The molecule has 1 unspecified atom stereocenters. The van der Waals surface area contributed by atoms with Crippen molar-refractivity contribution < 1.29 is 0 Å². The highest BCUT2D eigenvalue weighted by Gasteiger charge is 2.28. The molecule has 92 valence electrons. The molecule has 0 aliphatic rings. The Kier molecular flexibility index (Phi) is 2.96. The molecule has 0 saturated carbocycles. The Labute approximate surface area is 103 Å². The lowest BCUT2D eigenvalue weighted by molar-refractivity contribution is 0.282. The molecular weight excluding hydrogens is 210 g/mol. The zero-order chi connectivity index (χ0) is 12.6. The molecule has 0 radical (unpaired) electrons. The number of fused-ring (bicyclic) bond motifs is 1. The van der Waals surface area contributed by atoms with Gasteiger partial charge in [0.25, 0.3) is 0 Å². The quantitative estimate of drug-likeness (QED) is 0.861. The van der Waals surface area contributed by atoms with Crippen LogP contribution in [0, 0.1) is 5.41 Å². The van der Waals surface area contributed by atoms with Crippen molar-refractivity contribution in [3.05, 3.63) is 30.0 Å². The van der Waals surface area contributed by atoms with Gasteiger partial charge in [-0.1, -0.05) is 39.0 Å². The van der Waals surface area contributed by atoms with E-state index in [1.807, 2.05) is 18.8 Å². The number of hydrogen-bond acceptors (Lipinski definition) is 2. The number of nitrogens with zero attached hydrogens (tertiary/aromatic N) is 2. The van der Waals surface area contributed by atoms with E-state index in [9.17, 15) is 0 Å². The molecule has 1 aromatic carbocycles. The Hall–Kier alpha value is -1.35. The first-order chi connectivity index (χ1) is 7.95. The van der Waals surface area contributed by atoms with E-state index in [1.54, 1.807) is 0 Å². The molecule has 1 atom stereocenters. The molecule has 3 nitrogen and oxygen atoms in total. The number of nitrogens with one attached hydrogen (secondary N) is 1. The van der Waals surface area contributed by atoms with Crippen molar-refractivity contribution in [3.63, 3.8) is 0 Å². The number of para-hydroxylation sites is 1. The molecule has 0 bridgehead atoms. The van der Waals surface area contributed by atoms with Gasteiger partial charge in [-0.15, -0.1) is 0 Å². The Morgan fingerprint density at radius 2 is 1.88 bits per heavy atom. The molecule has 17 heavy (non-hydrogen) atoms. The maximum atomic E-state index is 4.68. The summed E-state index contributed by atoms with van der Waals surface area (Å²) >= 11 is 0. The minimum absolute atomic E-state index is 0.145. The average molecular weight is 231 g/mol. The van der Waals surface area contributed by atoms with Crippen LogP contribution in [-0.4, -0.2) is 16.8 Å². The van der Waals surface area contributed by atoms with E-state index in [2.05, 4.69) is 55.5 Å². The van der Waals surface area contributed by atoms with Gasteiger partial charge in [0, 0.05) is 12.4 Å². The third kappa shape index (κ3) is 2.07. The second-order valence-electron chi connectivity index (χ2n) is 5.61. The summed E-state index contributed by atoms with van der Waals surface area (Å²) in [5.74, 6) is 0. The average Bonchev–Trinajstić information content (AvgIpc) is 2.56. The smallest absolute Gasteiger partial charge is 0.0877 e. The summed E-state index contributed by atoms with van der Waals surface area (Å²) in [4.78, 5) is 0. The summed E-state index contributed by atoms with van der Waals surface area (Å²) in [7, 11) is 4.00. The summed E-state index contributed by atoms with van der Waals surface area (Å²) in [6.07, 6.45) is 0. The second-order valence-corrected chi connectivity index (χ2v) is 5.61. The number of aryl methyl sites for hydroxylation is 1. The standard InChI is InChI=1S/C14H21N3/c1-14(2,3)13(15-4)12-10-8-6-7-9-11(10)17(5)16-12/h6-9,13,15H,1-5H3. The molecule has 0 spiro atoms. The van der Waals surface area contributed by atoms with Crippen LogP contribution in [0.1, 0.15) is 32.5 Å². The van der Waals surface area contributed by atoms with Gasteiger partial charge in [-0.25, -0.2) is 0 Å². The molecule has 0 saturated heterocycles. The molecule has 2 rings (SSSR count). The summed E-state index contributed by atoms with van der Waals surface area (Å²) in [6.45, 7) is 6.70. The molecule has 1 N–H and O–H groups in total. The first kappa shape index (κ1) is 12.1. The summed E-state index contributed by atoms with van der Waals surface area (Å²) < 4.78 is 1.96. The first-order valence-electron chi connectivity index (χ1n) is 6.04. The van der Waals surface area contributed by atoms with Crippen LogP contribution in [0.2, 0.25) is 0 Å². The van der Waals surface area contributed by atoms with Crippen molar-refractivity contribution in [1.29, 1.82) is 0 Å². The van der Waals surface area contributed by atoms with Crippen molar-refractivity contribution >= 4 is 10.9 Å². The zero-order valence-electron chi connectivity index (χ0n) is 11.3. The summed E-state index contributed by atoms with van der Waals surface area (Å²) in [5.41, 5.74) is 2.47. The number of rotatable bonds is 2. The Bertz CT molecular complexity index is 520. The third-order valence-electron chi connectivity index (χ3n) is 3.21. The number of benzene rings is 1. The molecule has 1 heterocycles. The van der Waals surface area contributed by atoms with Gasteiger partial charge in [-0.2, -0.15) is 5.10 Å². The predicted octanol–water partition coefficient (Wildman–Crippen LogP) is 2.88. The van der Waals surface area contributed by atoms with Crippen LogP contribution in [0.25, 0.3) is 10.9 Å². The molecule has 0 aliphatic heterocycles. The lowest BCUT2D eigenvalue weighted by Crippen LogP contribution is -2.30. The topological polar surface area (TPSA) is 29.9 Å². The minimum Gasteiger partial charge on any atom is -0.311 e. The second kappa shape index (κ2) is 4.15. The van der Waals surface area contributed by atoms with E-state index in [-0.39, 0.29) is 11.5 Å². The molecule has 2 aromatic rings. The Morgan fingerprint density at radius 3 is 2.47 bits per heavy atom. The largest absolute Gasteiger partial charge is 0.311 e. The van der Waals surface area contributed by atoms with Crippen LogP contribution in [0.15, 0.2) is 24.3 Å². The lowest BCUT2D eigenvalue weighted by Gasteiger charge is -2.29. The fourth-order valence-corrected chi connectivity index (χ4v) is 2.43. The van der Waals surface area contributed by atoms with Gasteiger partial charge in [-0.3, -0.25) is 4.68 Å². The van der Waals surface area contributed by atoms with Gasteiger partial charge < -0.3 is 5.32 Å². The molecule has 1 aromatic heterocycles. The van der Waals surface area contributed by atoms with E-state index in [1.165, 1.54) is 10.9 Å². The summed E-state index contributed by atoms with van der Waals surface area (Å²) in [6, 6.07) is 8.64. The summed E-state index contributed by atoms with van der Waals surface area (Å²) in [5, 5.41) is 9.31. The molecule has 0 fully saturated rings. The van der Waals surface area contributed by atoms with Crippen LogP contribution in [0.3, 0.4) is 0 Å². The highest BCUT2D eigenvalue weighted by atomic mass is 15.3. The van der Waals surface area contributed by atoms with Gasteiger partial charge in [0.05, 0.1) is 17.3 Å². The van der Waals surface area contributed by atoms with Crippen LogP contribution in [0.5, 0.6) is 0 Å². The lowest BCUT2D eigenvalue weighted by atomic mass is 9.84. The minimum atomic E-state index is 0.145. The molecular formula is C14H21N3. The van der Waals surface area contributed by atoms with Crippen molar-refractivity contribution in [2.75, 3.05) is 7.05 Å². The number of hydrogen-bond donors (Lipinski definition) is 1. The SMILES string of the molecule is CNC(c1nn(C)c2ccccc12)C(C)(C)C. The maximum Gasteiger partial charge on any atom is 0.0877 e. The van der Waals surface area contributed by atoms with Crippen LogP contribution in [0.4, 0.5) is 0 Å². The van der Waals surface area contributed by atoms with E-state index in [0.717, 1.165) is 5.69 Å². The van der Waals surface area contributed by atoms with Crippen LogP contribution >= 0.6 is 0 Å². The fraction of sp³-hybridized carbons (Fsp3) is 0.500. The fourth-order valence-electron chi connectivity index (χ4n) is 2.43. The maximum absolute atomic E-state index is 4.68. The normalized spacial score (nSPS) is 14.2. The van der Waals surface area contributed by atoms with E-state index >= 15 is 0 Å². The van der Waals surface area contributed by atoms with Gasteiger partial charge in [0.1, 0.15) is 0 Å². The zero-order valence-corrected chi connectivity index (χ0v) is 11.3. The van der Waals surface area contributed by atoms with Crippen molar-refractivity contribution in [2.45, 2.75) is 26.8 Å². The van der Waals surface area contributed by atoms with Crippen molar-refractivity contribution in [2.24, 2.45) is 12.5 Å². The van der Waals surface area contributed by atoms with E-state index in [0.29, 0.717) is 0 Å². The molecule has 3 heteroatoms. The first-order valence-corrected chi connectivity index (χ1v) is 6.04. The molecule has 0 aliphatic carbocycles. The van der Waals surface area contributed by atoms with Gasteiger partial charge in [0.2, 0.25) is 0 Å². The van der Waals surface area contributed by atoms with E-state index < -0.39 is 0 Å². The van der Waals surface area contributed by atoms with Crippen molar-refractivity contribution in [3.8, 4) is 0 Å². The number of aromatic nitrogens is 2. The van der Waals surface area contributed by atoms with Crippen molar-refractivity contribution in [1.82, 2.24) is 15.1 Å². The Morgan fingerprint density at radius 1 is 1.24 bits per heavy atom. The Balaban J connectivity index is 2.62. The highest BCUT2D eigenvalue weighted by Crippen LogP contribution is 2.35. The van der Waals surface area contributed by atoms with Gasteiger partial charge in [0.15, 0.2) is 0 Å². The van der Waals surface area contributed by atoms with E-state index in [4.69, 9.17) is 0 Å². The monoisotopic (exact) mass is 231 g/mol. The highest BCUT2D eigenvalue weighted by molar-refractivity contribution is 5.82. The van der Waals surface area contributed by atoms with Crippen LogP contribution < -0.4 is 5.32 Å².